The number of morpholine rings is 1. The molecule has 1 aliphatic rings. The molecular formula is C11H17ClN4O. The molecule has 2 heterocycles. The summed E-state index contributed by atoms with van der Waals surface area (Å²) < 4.78 is 5.68. The van der Waals surface area contributed by atoms with Crippen molar-refractivity contribution < 1.29 is 4.74 Å². The Labute approximate surface area is 106 Å². The molecule has 1 aliphatic heterocycles. The molecule has 5 nitrogen and oxygen atoms in total. The zero-order chi connectivity index (χ0) is 12.1. The van der Waals surface area contributed by atoms with E-state index in [1.807, 2.05) is 0 Å². The maximum absolute atomic E-state index is 5.91. The first-order valence-corrected chi connectivity index (χ1v) is 6.21. The van der Waals surface area contributed by atoms with Crippen molar-refractivity contribution in [1.29, 1.82) is 0 Å². The average Bonchev–Trinajstić information content (AvgIpc) is 2.38. The number of halogens is 1. The van der Waals surface area contributed by atoms with Crippen LogP contribution in [0.4, 0.5) is 5.82 Å². The van der Waals surface area contributed by atoms with Crippen molar-refractivity contribution >= 4 is 17.4 Å². The van der Waals surface area contributed by atoms with E-state index in [0.29, 0.717) is 17.5 Å². The molecule has 1 aromatic heterocycles. The summed E-state index contributed by atoms with van der Waals surface area (Å²) in [6.45, 7) is 6.67. The number of aromatic nitrogens is 2. The van der Waals surface area contributed by atoms with Gasteiger partial charge >= 0.3 is 0 Å². The van der Waals surface area contributed by atoms with Crippen LogP contribution in [0.1, 0.15) is 6.92 Å². The molecule has 0 amide bonds. The minimum atomic E-state index is 0.182. The third kappa shape index (κ3) is 3.52. The molecule has 0 spiro atoms. The first-order valence-electron chi connectivity index (χ1n) is 5.84. The van der Waals surface area contributed by atoms with Gasteiger partial charge in [-0.2, -0.15) is 0 Å². The Morgan fingerprint density at radius 2 is 2.35 bits per heavy atom. The molecule has 94 valence electrons. The van der Waals surface area contributed by atoms with Gasteiger partial charge in [0.05, 0.1) is 12.7 Å². The van der Waals surface area contributed by atoms with Gasteiger partial charge in [-0.3, -0.25) is 4.90 Å². The van der Waals surface area contributed by atoms with Gasteiger partial charge in [0.25, 0.3) is 0 Å². The standard InChI is InChI=1S/C11H17ClN4O/c1-2-16-5-6-17-9(8-16)7-15-11-10(12)13-3-4-14-11/h3-4,9H,2,5-8H2,1H3,(H,14,15). The molecule has 2 rings (SSSR count). The minimum absolute atomic E-state index is 0.182. The average molecular weight is 257 g/mol. The molecule has 1 N–H and O–H groups in total. The highest BCUT2D eigenvalue weighted by Gasteiger charge is 2.19. The topological polar surface area (TPSA) is 50.3 Å². The van der Waals surface area contributed by atoms with Gasteiger partial charge in [0.1, 0.15) is 0 Å². The van der Waals surface area contributed by atoms with Crippen LogP contribution < -0.4 is 5.32 Å². The van der Waals surface area contributed by atoms with E-state index in [-0.39, 0.29) is 6.10 Å². The van der Waals surface area contributed by atoms with E-state index in [2.05, 4.69) is 27.1 Å². The molecule has 0 aromatic carbocycles. The van der Waals surface area contributed by atoms with Gasteiger partial charge < -0.3 is 10.1 Å². The number of nitrogens with zero attached hydrogens (tertiary/aromatic N) is 3. The van der Waals surface area contributed by atoms with Crippen molar-refractivity contribution in [3.63, 3.8) is 0 Å². The smallest absolute Gasteiger partial charge is 0.171 e. The van der Waals surface area contributed by atoms with Gasteiger partial charge in [0.15, 0.2) is 11.0 Å². The van der Waals surface area contributed by atoms with Crippen LogP contribution in [0.2, 0.25) is 5.15 Å². The Hall–Kier alpha value is -0.910. The van der Waals surface area contributed by atoms with E-state index < -0.39 is 0 Å². The number of likely N-dealkylation sites (N-methyl/N-ethyl adjacent to an activating group) is 1. The van der Waals surface area contributed by atoms with Crippen molar-refractivity contribution in [3.05, 3.63) is 17.5 Å². The normalized spacial score (nSPS) is 21.4. The summed E-state index contributed by atoms with van der Waals surface area (Å²) >= 11 is 5.91. The highest BCUT2D eigenvalue weighted by atomic mass is 35.5. The molecule has 0 saturated carbocycles. The second kappa shape index (κ2) is 6.14. The summed E-state index contributed by atoms with van der Waals surface area (Å²) in [5.74, 6) is 0.617. The lowest BCUT2D eigenvalue weighted by Gasteiger charge is -2.32. The molecule has 1 unspecified atom stereocenters. The van der Waals surface area contributed by atoms with E-state index in [9.17, 15) is 0 Å². The highest BCUT2D eigenvalue weighted by Crippen LogP contribution is 2.14. The van der Waals surface area contributed by atoms with Crippen LogP contribution in [0, 0.1) is 0 Å². The number of nitrogens with one attached hydrogen (secondary N) is 1. The van der Waals surface area contributed by atoms with E-state index in [1.54, 1.807) is 12.4 Å². The maximum atomic E-state index is 5.91. The summed E-state index contributed by atoms with van der Waals surface area (Å²) in [4.78, 5) is 10.5. The molecular weight excluding hydrogens is 240 g/mol. The fourth-order valence-electron chi connectivity index (χ4n) is 1.84. The third-order valence-electron chi connectivity index (χ3n) is 2.82. The van der Waals surface area contributed by atoms with Gasteiger partial charge in [-0.05, 0) is 6.54 Å². The van der Waals surface area contributed by atoms with Gasteiger partial charge in [0.2, 0.25) is 0 Å². The van der Waals surface area contributed by atoms with Crippen molar-refractivity contribution in [2.24, 2.45) is 0 Å². The van der Waals surface area contributed by atoms with Gasteiger partial charge in [-0.1, -0.05) is 18.5 Å². The molecule has 17 heavy (non-hydrogen) atoms. The van der Waals surface area contributed by atoms with Crippen LogP contribution in [-0.4, -0.2) is 53.8 Å². The number of hydrogen-bond donors (Lipinski definition) is 1. The Morgan fingerprint density at radius 3 is 3.12 bits per heavy atom. The molecule has 0 radical (unpaired) electrons. The molecule has 0 aliphatic carbocycles. The van der Waals surface area contributed by atoms with E-state index in [1.165, 1.54) is 0 Å². The summed E-state index contributed by atoms with van der Waals surface area (Å²) in [5, 5.41) is 3.57. The summed E-state index contributed by atoms with van der Waals surface area (Å²) in [5.41, 5.74) is 0. The lowest BCUT2D eigenvalue weighted by Crippen LogP contribution is -2.45. The van der Waals surface area contributed by atoms with Crippen molar-refractivity contribution in [2.45, 2.75) is 13.0 Å². The number of anilines is 1. The zero-order valence-electron chi connectivity index (χ0n) is 9.90. The molecule has 1 saturated heterocycles. The van der Waals surface area contributed by atoms with Crippen LogP contribution in [0.3, 0.4) is 0 Å². The van der Waals surface area contributed by atoms with Gasteiger partial charge in [-0.25, -0.2) is 9.97 Å². The molecule has 1 fully saturated rings. The van der Waals surface area contributed by atoms with Crippen LogP contribution >= 0.6 is 11.6 Å². The lowest BCUT2D eigenvalue weighted by atomic mass is 10.2. The summed E-state index contributed by atoms with van der Waals surface area (Å²) in [6, 6.07) is 0. The van der Waals surface area contributed by atoms with Crippen molar-refractivity contribution in [2.75, 3.05) is 38.1 Å². The molecule has 6 heteroatoms. The van der Waals surface area contributed by atoms with Crippen molar-refractivity contribution in [3.8, 4) is 0 Å². The quantitative estimate of drug-likeness (QED) is 0.879. The van der Waals surface area contributed by atoms with Gasteiger partial charge in [0, 0.05) is 32.0 Å². The lowest BCUT2D eigenvalue weighted by molar-refractivity contribution is -0.0192. The largest absolute Gasteiger partial charge is 0.374 e. The van der Waals surface area contributed by atoms with E-state index >= 15 is 0 Å². The number of ether oxygens (including phenoxy) is 1. The fourth-order valence-corrected chi connectivity index (χ4v) is 2.01. The molecule has 1 atom stereocenters. The predicted molar refractivity (Wildman–Crippen MR) is 67.4 cm³/mol. The Bertz CT molecular complexity index is 363. The summed E-state index contributed by atoms with van der Waals surface area (Å²) in [7, 11) is 0. The fraction of sp³-hybridized carbons (Fsp3) is 0.636. The van der Waals surface area contributed by atoms with Crippen LogP contribution in [-0.2, 0) is 4.74 Å². The van der Waals surface area contributed by atoms with Crippen molar-refractivity contribution in [1.82, 2.24) is 14.9 Å². The second-order valence-corrected chi connectivity index (χ2v) is 4.32. The molecule has 1 aromatic rings. The monoisotopic (exact) mass is 256 g/mol. The Morgan fingerprint density at radius 1 is 1.53 bits per heavy atom. The second-order valence-electron chi connectivity index (χ2n) is 3.96. The van der Waals surface area contributed by atoms with Crippen LogP contribution in [0.5, 0.6) is 0 Å². The Balaban J connectivity index is 1.84. The predicted octanol–water partition coefficient (Wildman–Crippen LogP) is 1.26. The third-order valence-corrected chi connectivity index (χ3v) is 3.10. The van der Waals surface area contributed by atoms with Crippen LogP contribution in [0.15, 0.2) is 12.4 Å². The Kier molecular flexibility index (Phi) is 4.53. The summed E-state index contributed by atoms with van der Waals surface area (Å²) in [6.07, 6.45) is 3.37. The van der Waals surface area contributed by atoms with Gasteiger partial charge in [-0.15, -0.1) is 0 Å². The molecule has 0 bridgehead atoms. The SMILES string of the molecule is CCN1CCOC(CNc2nccnc2Cl)C1. The zero-order valence-corrected chi connectivity index (χ0v) is 10.7. The highest BCUT2D eigenvalue weighted by molar-refractivity contribution is 6.31. The van der Waals surface area contributed by atoms with E-state index in [0.717, 1.165) is 26.2 Å². The number of hydrogen-bond acceptors (Lipinski definition) is 5. The minimum Gasteiger partial charge on any atom is -0.374 e. The maximum Gasteiger partial charge on any atom is 0.171 e. The van der Waals surface area contributed by atoms with Crippen LogP contribution in [0.25, 0.3) is 0 Å². The van der Waals surface area contributed by atoms with E-state index in [4.69, 9.17) is 16.3 Å². The first-order chi connectivity index (χ1) is 8.29. The number of rotatable bonds is 4. The first kappa shape index (κ1) is 12.5.